The van der Waals surface area contributed by atoms with Crippen LogP contribution in [0.5, 0.6) is 0 Å². The fourth-order valence-corrected chi connectivity index (χ4v) is 3.22. The van der Waals surface area contributed by atoms with Crippen LogP contribution in [0.1, 0.15) is 45.1 Å². The molecule has 2 aromatic rings. The van der Waals surface area contributed by atoms with Crippen LogP contribution >= 0.6 is 0 Å². The molecule has 0 amide bonds. The SMILES string of the molecule is CC1CCCN(c2ccnc(Nc3ccccc3C(C)C)n2)C1. The van der Waals surface area contributed by atoms with E-state index in [1.807, 2.05) is 18.3 Å². The van der Waals surface area contributed by atoms with E-state index in [4.69, 9.17) is 4.98 Å². The normalized spacial score (nSPS) is 18.3. The number of hydrogen-bond donors (Lipinski definition) is 1. The standard InChI is InChI=1S/C19H26N4/c1-14(2)16-8-4-5-9-17(16)21-19-20-11-10-18(22-19)23-12-6-7-15(3)13-23/h4-5,8-11,14-15H,6-7,12-13H2,1-3H3,(H,20,21,22). The molecule has 2 heterocycles. The zero-order chi connectivity index (χ0) is 16.2. The Morgan fingerprint density at radius 1 is 1.22 bits per heavy atom. The maximum atomic E-state index is 4.73. The van der Waals surface area contributed by atoms with Crippen molar-refractivity contribution in [2.45, 2.75) is 39.5 Å². The van der Waals surface area contributed by atoms with Crippen LogP contribution in [0.4, 0.5) is 17.5 Å². The Hall–Kier alpha value is -2.10. The molecular formula is C19H26N4. The summed E-state index contributed by atoms with van der Waals surface area (Å²) in [5, 5.41) is 3.40. The molecular weight excluding hydrogens is 284 g/mol. The first-order valence-electron chi connectivity index (χ1n) is 8.57. The number of nitrogens with one attached hydrogen (secondary N) is 1. The third-order valence-electron chi connectivity index (χ3n) is 4.45. The van der Waals surface area contributed by atoms with Crippen LogP contribution in [0.25, 0.3) is 0 Å². The lowest BCUT2D eigenvalue weighted by atomic mass is 10.0. The van der Waals surface area contributed by atoms with Gasteiger partial charge in [0.15, 0.2) is 0 Å². The number of anilines is 3. The lowest BCUT2D eigenvalue weighted by molar-refractivity contribution is 0.444. The van der Waals surface area contributed by atoms with E-state index >= 15 is 0 Å². The first-order valence-corrected chi connectivity index (χ1v) is 8.57. The lowest BCUT2D eigenvalue weighted by Gasteiger charge is -2.31. The summed E-state index contributed by atoms with van der Waals surface area (Å²) in [4.78, 5) is 11.5. The van der Waals surface area contributed by atoms with E-state index < -0.39 is 0 Å². The lowest BCUT2D eigenvalue weighted by Crippen LogP contribution is -2.34. The highest BCUT2D eigenvalue weighted by Gasteiger charge is 2.18. The van der Waals surface area contributed by atoms with Gasteiger partial charge < -0.3 is 10.2 Å². The van der Waals surface area contributed by atoms with Crippen LogP contribution in [0.3, 0.4) is 0 Å². The summed E-state index contributed by atoms with van der Waals surface area (Å²) in [5.74, 6) is 2.89. The maximum absolute atomic E-state index is 4.73. The molecule has 0 spiro atoms. The largest absolute Gasteiger partial charge is 0.356 e. The number of piperidine rings is 1. The molecule has 1 aromatic carbocycles. The fraction of sp³-hybridized carbons (Fsp3) is 0.474. The molecule has 1 aliphatic rings. The van der Waals surface area contributed by atoms with Gasteiger partial charge in [-0.05, 0) is 42.4 Å². The van der Waals surface area contributed by atoms with Gasteiger partial charge in [0, 0.05) is 25.0 Å². The molecule has 1 aromatic heterocycles. The molecule has 3 rings (SSSR count). The van der Waals surface area contributed by atoms with Gasteiger partial charge in [0.05, 0.1) is 0 Å². The van der Waals surface area contributed by atoms with Gasteiger partial charge in [-0.2, -0.15) is 4.98 Å². The topological polar surface area (TPSA) is 41.1 Å². The third-order valence-corrected chi connectivity index (χ3v) is 4.45. The Morgan fingerprint density at radius 3 is 2.83 bits per heavy atom. The number of aromatic nitrogens is 2. The first-order chi connectivity index (χ1) is 11.1. The van der Waals surface area contributed by atoms with Crippen LogP contribution in [0.15, 0.2) is 36.5 Å². The zero-order valence-corrected chi connectivity index (χ0v) is 14.3. The molecule has 1 unspecified atom stereocenters. The number of benzene rings is 1. The van der Waals surface area contributed by atoms with Crippen LogP contribution in [-0.2, 0) is 0 Å². The average molecular weight is 310 g/mol. The molecule has 1 fully saturated rings. The number of nitrogens with zero attached hydrogens (tertiary/aromatic N) is 3. The van der Waals surface area contributed by atoms with Gasteiger partial charge in [-0.15, -0.1) is 0 Å². The molecule has 0 bridgehead atoms. The van der Waals surface area contributed by atoms with Crippen LogP contribution in [0.2, 0.25) is 0 Å². The summed E-state index contributed by atoms with van der Waals surface area (Å²) in [7, 11) is 0. The smallest absolute Gasteiger partial charge is 0.229 e. The van der Waals surface area contributed by atoms with Crippen molar-refractivity contribution in [1.29, 1.82) is 0 Å². The highest BCUT2D eigenvalue weighted by Crippen LogP contribution is 2.27. The molecule has 1 saturated heterocycles. The monoisotopic (exact) mass is 310 g/mol. The van der Waals surface area contributed by atoms with E-state index in [2.05, 4.69) is 54.2 Å². The van der Waals surface area contributed by atoms with E-state index in [1.54, 1.807) is 0 Å². The highest BCUT2D eigenvalue weighted by atomic mass is 15.2. The maximum Gasteiger partial charge on any atom is 0.229 e. The molecule has 23 heavy (non-hydrogen) atoms. The molecule has 1 atom stereocenters. The van der Waals surface area contributed by atoms with Crippen molar-refractivity contribution in [3.63, 3.8) is 0 Å². The van der Waals surface area contributed by atoms with Crippen molar-refractivity contribution in [1.82, 2.24) is 9.97 Å². The van der Waals surface area contributed by atoms with Crippen molar-refractivity contribution in [2.75, 3.05) is 23.3 Å². The molecule has 122 valence electrons. The van der Waals surface area contributed by atoms with Crippen LogP contribution in [-0.4, -0.2) is 23.1 Å². The summed E-state index contributed by atoms with van der Waals surface area (Å²) in [6, 6.07) is 10.4. The van der Waals surface area contributed by atoms with E-state index in [1.165, 1.54) is 18.4 Å². The Labute approximate surface area is 139 Å². The second kappa shape index (κ2) is 6.99. The van der Waals surface area contributed by atoms with Crippen molar-refractivity contribution in [2.24, 2.45) is 5.92 Å². The Balaban J connectivity index is 1.81. The predicted molar refractivity (Wildman–Crippen MR) is 96.5 cm³/mol. The quantitative estimate of drug-likeness (QED) is 0.897. The fourth-order valence-electron chi connectivity index (χ4n) is 3.22. The molecule has 0 radical (unpaired) electrons. The number of para-hydroxylation sites is 1. The minimum absolute atomic E-state index is 0.463. The van der Waals surface area contributed by atoms with Gasteiger partial charge in [-0.25, -0.2) is 4.98 Å². The Morgan fingerprint density at radius 2 is 2.04 bits per heavy atom. The summed E-state index contributed by atoms with van der Waals surface area (Å²) in [6.45, 7) is 8.88. The zero-order valence-electron chi connectivity index (χ0n) is 14.3. The molecule has 4 nitrogen and oxygen atoms in total. The van der Waals surface area contributed by atoms with Gasteiger partial charge in [-0.1, -0.05) is 39.0 Å². The van der Waals surface area contributed by atoms with Crippen molar-refractivity contribution in [3.8, 4) is 0 Å². The summed E-state index contributed by atoms with van der Waals surface area (Å²) in [6.07, 6.45) is 4.40. The van der Waals surface area contributed by atoms with Crippen molar-refractivity contribution >= 4 is 17.5 Å². The van der Waals surface area contributed by atoms with Gasteiger partial charge in [0.2, 0.25) is 5.95 Å². The van der Waals surface area contributed by atoms with E-state index in [0.29, 0.717) is 11.9 Å². The Kier molecular flexibility index (Phi) is 4.79. The van der Waals surface area contributed by atoms with Crippen molar-refractivity contribution < 1.29 is 0 Å². The van der Waals surface area contributed by atoms with E-state index in [0.717, 1.165) is 30.5 Å². The number of rotatable bonds is 4. The van der Waals surface area contributed by atoms with Gasteiger partial charge in [0.1, 0.15) is 5.82 Å². The second-order valence-corrected chi connectivity index (χ2v) is 6.80. The second-order valence-electron chi connectivity index (χ2n) is 6.80. The van der Waals surface area contributed by atoms with Gasteiger partial charge in [0.25, 0.3) is 0 Å². The van der Waals surface area contributed by atoms with E-state index in [-0.39, 0.29) is 0 Å². The third kappa shape index (κ3) is 3.81. The highest BCUT2D eigenvalue weighted by molar-refractivity contribution is 5.60. The van der Waals surface area contributed by atoms with Crippen LogP contribution in [0, 0.1) is 5.92 Å². The van der Waals surface area contributed by atoms with Gasteiger partial charge in [-0.3, -0.25) is 0 Å². The summed E-state index contributed by atoms with van der Waals surface area (Å²) in [5.41, 5.74) is 2.37. The molecule has 0 aliphatic carbocycles. The first kappa shape index (κ1) is 15.8. The molecule has 1 aliphatic heterocycles. The molecule has 4 heteroatoms. The van der Waals surface area contributed by atoms with Crippen LogP contribution < -0.4 is 10.2 Å². The molecule has 0 saturated carbocycles. The van der Waals surface area contributed by atoms with Crippen molar-refractivity contribution in [3.05, 3.63) is 42.1 Å². The Bertz CT molecular complexity index is 653. The number of hydrogen-bond acceptors (Lipinski definition) is 4. The predicted octanol–water partition coefficient (Wildman–Crippen LogP) is 4.58. The van der Waals surface area contributed by atoms with E-state index in [9.17, 15) is 0 Å². The summed E-state index contributed by atoms with van der Waals surface area (Å²) >= 11 is 0. The van der Waals surface area contributed by atoms with Gasteiger partial charge >= 0.3 is 0 Å². The summed E-state index contributed by atoms with van der Waals surface area (Å²) < 4.78 is 0. The minimum Gasteiger partial charge on any atom is -0.356 e. The molecule has 1 N–H and O–H groups in total. The minimum atomic E-state index is 0.463. The average Bonchev–Trinajstić information content (AvgIpc) is 2.55.